The Labute approximate surface area is 260 Å². The maximum absolute atomic E-state index is 14.4. The molecule has 0 saturated heterocycles. The third-order valence-corrected chi connectivity index (χ3v) is 9.27. The van der Waals surface area contributed by atoms with Crippen molar-refractivity contribution in [2.24, 2.45) is 0 Å². The van der Waals surface area contributed by atoms with Crippen LogP contribution < -0.4 is 14.4 Å². The molecule has 43 heavy (non-hydrogen) atoms. The Morgan fingerprint density at radius 3 is 2.33 bits per heavy atom. The summed E-state index contributed by atoms with van der Waals surface area (Å²) in [4.78, 5) is 29.9. The van der Waals surface area contributed by atoms with Crippen LogP contribution in [0.2, 0.25) is 5.02 Å². The molecule has 3 aromatic carbocycles. The van der Waals surface area contributed by atoms with Crippen LogP contribution in [0.1, 0.15) is 48.8 Å². The minimum absolute atomic E-state index is 0.0400. The van der Waals surface area contributed by atoms with E-state index in [-0.39, 0.29) is 36.4 Å². The smallest absolute Gasteiger partial charge is 0.244 e. The van der Waals surface area contributed by atoms with Crippen LogP contribution in [0.15, 0.2) is 72.8 Å². The number of amides is 2. The van der Waals surface area contributed by atoms with Crippen LogP contribution in [-0.2, 0) is 32.6 Å². The summed E-state index contributed by atoms with van der Waals surface area (Å²) in [6, 6.07) is 21.0. The average molecular weight is 626 g/mol. The fourth-order valence-corrected chi connectivity index (χ4v) is 6.53. The van der Waals surface area contributed by atoms with E-state index in [1.54, 1.807) is 12.1 Å². The molecule has 1 fully saturated rings. The summed E-state index contributed by atoms with van der Waals surface area (Å²) < 4.78 is 32.6. The van der Waals surface area contributed by atoms with Crippen molar-refractivity contribution in [1.29, 1.82) is 0 Å². The molecule has 1 aliphatic rings. The van der Waals surface area contributed by atoms with Gasteiger partial charge in [0.1, 0.15) is 18.3 Å². The third kappa shape index (κ3) is 8.74. The molecule has 1 N–H and O–H groups in total. The first-order valence-corrected chi connectivity index (χ1v) is 16.8. The van der Waals surface area contributed by atoms with E-state index in [4.69, 9.17) is 16.3 Å². The van der Waals surface area contributed by atoms with Crippen molar-refractivity contribution < 1.29 is 22.7 Å². The van der Waals surface area contributed by atoms with E-state index in [0.29, 0.717) is 5.02 Å². The number of hydrogen-bond acceptors (Lipinski definition) is 5. The lowest BCUT2D eigenvalue weighted by atomic mass is 9.94. The molecule has 230 valence electrons. The minimum atomic E-state index is -3.96. The Balaban J connectivity index is 1.76. The van der Waals surface area contributed by atoms with Gasteiger partial charge in [0, 0.05) is 24.0 Å². The number of carbonyl (C=O) groups excluding carboxylic acids is 2. The first-order valence-electron chi connectivity index (χ1n) is 14.6. The molecule has 0 radical (unpaired) electrons. The summed E-state index contributed by atoms with van der Waals surface area (Å²) in [5.41, 5.74) is 2.87. The largest absolute Gasteiger partial charge is 0.495 e. The maximum atomic E-state index is 14.4. The van der Waals surface area contributed by atoms with Crippen LogP contribution in [0, 0.1) is 6.92 Å². The number of ether oxygens (including phenoxy) is 1. The first kappa shape index (κ1) is 32.4. The topological polar surface area (TPSA) is 96.0 Å². The van der Waals surface area contributed by atoms with Crippen molar-refractivity contribution in [2.75, 3.05) is 24.2 Å². The predicted molar refractivity (Wildman–Crippen MR) is 171 cm³/mol. The highest BCUT2D eigenvalue weighted by Crippen LogP contribution is 2.33. The van der Waals surface area contributed by atoms with Gasteiger partial charge >= 0.3 is 0 Å². The molecule has 8 nitrogen and oxygen atoms in total. The Morgan fingerprint density at radius 2 is 1.67 bits per heavy atom. The lowest BCUT2D eigenvalue weighted by Gasteiger charge is -2.35. The van der Waals surface area contributed by atoms with Gasteiger partial charge in [-0.2, -0.15) is 0 Å². The number of anilines is 1. The Kier molecular flexibility index (Phi) is 11.1. The van der Waals surface area contributed by atoms with Crippen molar-refractivity contribution in [3.05, 3.63) is 94.5 Å². The van der Waals surface area contributed by atoms with Gasteiger partial charge < -0.3 is 15.0 Å². The molecule has 10 heteroatoms. The monoisotopic (exact) mass is 625 g/mol. The zero-order valence-electron chi connectivity index (χ0n) is 25.0. The van der Waals surface area contributed by atoms with Crippen molar-refractivity contribution in [3.8, 4) is 5.75 Å². The number of aryl methyl sites for hydroxylation is 1. The van der Waals surface area contributed by atoms with Gasteiger partial charge in [0.15, 0.2) is 0 Å². The Bertz CT molecular complexity index is 1510. The predicted octanol–water partition coefficient (Wildman–Crippen LogP) is 5.51. The lowest BCUT2D eigenvalue weighted by Crippen LogP contribution is -2.55. The van der Waals surface area contributed by atoms with Gasteiger partial charge in [-0.25, -0.2) is 8.42 Å². The normalized spacial score (nSPS) is 14.5. The molecule has 0 aromatic heterocycles. The second kappa shape index (κ2) is 14.8. The van der Waals surface area contributed by atoms with E-state index in [2.05, 4.69) is 5.32 Å². The van der Waals surface area contributed by atoms with Crippen LogP contribution in [0.4, 0.5) is 5.69 Å². The van der Waals surface area contributed by atoms with Gasteiger partial charge in [-0.1, -0.05) is 85.5 Å². The quantitative estimate of drug-likeness (QED) is 0.286. The molecular formula is C33H40ClN3O5S. The molecule has 4 rings (SSSR count). The van der Waals surface area contributed by atoms with Gasteiger partial charge in [0.25, 0.3) is 0 Å². The van der Waals surface area contributed by atoms with Crippen LogP contribution in [0.25, 0.3) is 0 Å². The fourth-order valence-electron chi connectivity index (χ4n) is 5.52. The van der Waals surface area contributed by atoms with Crippen LogP contribution in [-0.4, -0.2) is 57.1 Å². The molecule has 1 aliphatic carbocycles. The summed E-state index contributed by atoms with van der Waals surface area (Å²) in [7, 11) is -2.54. The number of nitrogens with one attached hydrogen (secondary N) is 1. The fraction of sp³-hybridized carbons (Fsp3) is 0.394. The highest BCUT2D eigenvalue weighted by Gasteiger charge is 2.35. The number of hydrogen-bond donors (Lipinski definition) is 1. The standard InChI is InChI=1S/C33H40ClN3O5S/c1-24-12-10-11-15-26(24)22-36(32(38)23-37(43(3,40)41)29-21-27(34)18-19-31(29)42-2)30(20-25-13-6-4-7-14-25)33(39)35-28-16-8-5-9-17-28/h4,6-7,10-15,18-19,21,28,30H,5,8-9,16-17,20,22-23H2,1-3H3,(H,35,39). The Morgan fingerprint density at radius 1 is 1.00 bits per heavy atom. The third-order valence-electron chi connectivity index (χ3n) is 7.91. The van der Waals surface area contributed by atoms with Gasteiger partial charge in [-0.15, -0.1) is 0 Å². The molecule has 0 bridgehead atoms. The second-order valence-corrected chi connectivity index (χ2v) is 13.4. The number of benzene rings is 3. The molecule has 0 spiro atoms. The summed E-state index contributed by atoms with van der Waals surface area (Å²) in [6.45, 7) is 1.54. The molecule has 3 aromatic rings. The van der Waals surface area contributed by atoms with Gasteiger partial charge in [0.2, 0.25) is 21.8 Å². The molecule has 2 amide bonds. The molecular weight excluding hydrogens is 586 g/mol. The van der Waals surface area contributed by atoms with Crippen molar-refractivity contribution in [1.82, 2.24) is 10.2 Å². The number of sulfonamides is 1. The molecule has 1 unspecified atom stereocenters. The zero-order valence-corrected chi connectivity index (χ0v) is 26.5. The second-order valence-electron chi connectivity index (χ2n) is 11.1. The van der Waals surface area contributed by atoms with E-state index in [0.717, 1.165) is 59.4 Å². The van der Waals surface area contributed by atoms with E-state index in [1.165, 1.54) is 18.1 Å². The zero-order chi connectivity index (χ0) is 31.0. The summed E-state index contributed by atoms with van der Waals surface area (Å²) in [6.07, 6.45) is 6.33. The highest BCUT2D eigenvalue weighted by molar-refractivity contribution is 7.92. The SMILES string of the molecule is COc1ccc(Cl)cc1N(CC(=O)N(Cc1ccccc1C)C(Cc1ccccc1)C(=O)NC1CCCCC1)S(C)(=O)=O. The highest BCUT2D eigenvalue weighted by atomic mass is 35.5. The lowest BCUT2D eigenvalue weighted by molar-refractivity contribution is -0.140. The summed E-state index contributed by atoms with van der Waals surface area (Å²) >= 11 is 6.24. The van der Waals surface area contributed by atoms with Crippen LogP contribution in [0.5, 0.6) is 5.75 Å². The van der Waals surface area contributed by atoms with Crippen LogP contribution in [0.3, 0.4) is 0 Å². The number of halogens is 1. The molecule has 0 aliphatic heterocycles. The van der Waals surface area contributed by atoms with Gasteiger partial charge in [-0.05, 0) is 54.7 Å². The Hall–Kier alpha value is -3.56. The molecule has 1 atom stereocenters. The number of rotatable bonds is 12. The number of nitrogens with zero attached hydrogens (tertiary/aromatic N) is 2. The molecule has 0 heterocycles. The summed E-state index contributed by atoms with van der Waals surface area (Å²) in [5.74, 6) is -0.511. The maximum Gasteiger partial charge on any atom is 0.244 e. The molecule has 1 saturated carbocycles. The van der Waals surface area contributed by atoms with Gasteiger partial charge in [0.05, 0.1) is 19.1 Å². The van der Waals surface area contributed by atoms with Crippen molar-refractivity contribution in [2.45, 2.75) is 64.1 Å². The van der Waals surface area contributed by atoms with Crippen molar-refractivity contribution >= 4 is 39.1 Å². The van der Waals surface area contributed by atoms with E-state index in [9.17, 15) is 18.0 Å². The van der Waals surface area contributed by atoms with Crippen molar-refractivity contribution in [3.63, 3.8) is 0 Å². The minimum Gasteiger partial charge on any atom is -0.495 e. The first-order chi connectivity index (χ1) is 20.6. The average Bonchev–Trinajstić information content (AvgIpc) is 2.99. The number of methoxy groups -OCH3 is 1. The van der Waals surface area contributed by atoms with E-state index < -0.39 is 28.5 Å². The van der Waals surface area contributed by atoms with Gasteiger partial charge in [-0.3, -0.25) is 13.9 Å². The summed E-state index contributed by atoms with van der Waals surface area (Å²) in [5, 5.41) is 3.51. The van der Waals surface area contributed by atoms with E-state index in [1.807, 2.05) is 61.5 Å². The number of carbonyl (C=O) groups is 2. The van der Waals surface area contributed by atoms with E-state index >= 15 is 0 Å². The van der Waals surface area contributed by atoms with Crippen LogP contribution >= 0.6 is 11.6 Å².